The molecule has 0 unspecified atom stereocenters. The van der Waals surface area contributed by atoms with Crippen molar-refractivity contribution in [2.24, 2.45) is 0 Å². The van der Waals surface area contributed by atoms with E-state index in [-0.39, 0.29) is 12.2 Å². The van der Waals surface area contributed by atoms with Gasteiger partial charge in [0.15, 0.2) is 0 Å². The molecule has 0 aliphatic carbocycles. The molecule has 0 spiro atoms. The standard InChI is InChI=1S/C12H11F3O4/c1-2-18-11(17)9(16)7-8-5-3-4-6-10(8)19-12(13,14)15/h3-6H,2,7H2,1H3. The van der Waals surface area contributed by atoms with Gasteiger partial charge < -0.3 is 9.47 Å². The number of esters is 1. The SMILES string of the molecule is CCOC(=O)C(=O)Cc1ccccc1OC(F)(F)F. The third-order valence-corrected chi connectivity index (χ3v) is 2.05. The largest absolute Gasteiger partial charge is 0.573 e. The molecule has 0 N–H and O–H groups in total. The highest BCUT2D eigenvalue weighted by atomic mass is 19.4. The summed E-state index contributed by atoms with van der Waals surface area (Å²) in [6.07, 6.45) is -5.37. The molecule has 0 bridgehead atoms. The van der Waals surface area contributed by atoms with E-state index >= 15 is 0 Å². The van der Waals surface area contributed by atoms with Gasteiger partial charge in [0, 0.05) is 12.0 Å². The lowest BCUT2D eigenvalue weighted by Crippen LogP contribution is -2.21. The molecule has 0 atom stereocenters. The molecule has 0 aromatic heterocycles. The Hall–Kier alpha value is -2.05. The minimum absolute atomic E-state index is 0.0191. The molecular formula is C12H11F3O4. The lowest BCUT2D eigenvalue weighted by Gasteiger charge is -2.12. The van der Waals surface area contributed by atoms with Crippen LogP contribution in [0.1, 0.15) is 12.5 Å². The maximum Gasteiger partial charge on any atom is 0.573 e. The first-order valence-electron chi connectivity index (χ1n) is 5.37. The Morgan fingerprint density at radius 1 is 1.21 bits per heavy atom. The Morgan fingerprint density at radius 3 is 2.42 bits per heavy atom. The predicted octanol–water partition coefficient (Wildman–Crippen LogP) is 2.26. The number of carbonyl (C=O) groups is 2. The molecule has 0 amide bonds. The van der Waals surface area contributed by atoms with Crippen LogP contribution in [0.5, 0.6) is 5.75 Å². The van der Waals surface area contributed by atoms with Crippen LogP contribution in [0.15, 0.2) is 24.3 Å². The number of para-hydroxylation sites is 1. The second-order valence-electron chi connectivity index (χ2n) is 3.48. The zero-order chi connectivity index (χ0) is 14.5. The molecule has 0 aliphatic heterocycles. The predicted molar refractivity (Wildman–Crippen MR) is 58.5 cm³/mol. The molecule has 0 saturated carbocycles. The van der Waals surface area contributed by atoms with Crippen LogP contribution in [0.2, 0.25) is 0 Å². The first kappa shape index (κ1) is 15.0. The van der Waals surface area contributed by atoms with Crippen LogP contribution in [0.3, 0.4) is 0 Å². The number of benzene rings is 1. The summed E-state index contributed by atoms with van der Waals surface area (Å²) < 4.78 is 44.7. The zero-order valence-electron chi connectivity index (χ0n) is 9.99. The number of ketones is 1. The first-order valence-corrected chi connectivity index (χ1v) is 5.37. The molecule has 7 heteroatoms. The van der Waals surface area contributed by atoms with Crippen molar-refractivity contribution in [2.45, 2.75) is 19.7 Å². The van der Waals surface area contributed by atoms with Gasteiger partial charge in [0.2, 0.25) is 5.78 Å². The molecule has 0 radical (unpaired) electrons. The van der Waals surface area contributed by atoms with Crippen LogP contribution in [0, 0.1) is 0 Å². The summed E-state index contributed by atoms with van der Waals surface area (Å²) in [4.78, 5) is 22.5. The van der Waals surface area contributed by atoms with Gasteiger partial charge in [-0.1, -0.05) is 18.2 Å². The van der Waals surface area contributed by atoms with E-state index < -0.39 is 30.3 Å². The molecule has 0 heterocycles. The lowest BCUT2D eigenvalue weighted by atomic mass is 10.1. The summed E-state index contributed by atoms with van der Waals surface area (Å²) in [7, 11) is 0. The van der Waals surface area contributed by atoms with E-state index in [2.05, 4.69) is 9.47 Å². The molecular weight excluding hydrogens is 265 g/mol. The summed E-state index contributed by atoms with van der Waals surface area (Å²) in [5.41, 5.74) is -0.0297. The van der Waals surface area contributed by atoms with Crippen molar-refractivity contribution in [3.05, 3.63) is 29.8 Å². The van der Waals surface area contributed by atoms with Gasteiger partial charge in [0.25, 0.3) is 0 Å². The molecule has 1 aromatic rings. The van der Waals surface area contributed by atoms with Crippen LogP contribution in [0.4, 0.5) is 13.2 Å². The van der Waals surface area contributed by atoms with Crippen LogP contribution in [-0.4, -0.2) is 24.7 Å². The van der Waals surface area contributed by atoms with E-state index in [9.17, 15) is 22.8 Å². The van der Waals surface area contributed by atoms with Crippen molar-refractivity contribution in [1.29, 1.82) is 0 Å². The highest BCUT2D eigenvalue weighted by molar-refractivity contribution is 6.34. The van der Waals surface area contributed by atoms with Gasteiger partial charge in [-0.25, -0.2) is 4.79 Å². The van der Waals surface area contributed by atoms with E-state index in [1.54, 1.807) is 0 Å². The monoisotopic (exact) mass is 276 g/mol. The van der Waals surface area contributed by atoms with Crippen LogP contribution >= 0.6 is 0 Å². The van der Waals surface area contributed by atoms with Crippen LogP contribution in [0.25, 0.3) is 0 Å². The quantitative estimate of drug-likeness (QED) is 0.611. The third-order valence-electron chi connectivity index (χ3n) is 2.05. The Balaban J connectivity index is 2.84. The Labute approximate surface area is 107 Å². The van der Waals surface area contributed by atoms with E-state index in [1.165, 1.54) is 25.1 Å². The Morgan fingerprint density at radius 2 is 1.84 bits per heavy atom. The van der Waals surface area contributed by atoms with E-state index in [0.717, 1.165) is 6.07 Å². The number of Topliss-reactive ketones (excluding diaryl/α,β-unsaturated/α-hetero) is 1. The topological polar surface area (TPSA) is 52.6 Å². The van der Waals surface area contributed by atoms with E-state index in [4.69, 9.17) is 0 Å². The number of hydrogen-bond donors (Lipinski definition) is 0. The zero-order valence-corrected chi connectivity index (χ0v) is 9.99. The van der Waals surface area contributed by atoms with Gasteiger partial charge in [-0.3, -0.25) is 4.79 Å². The molecule has 1 aromatic carbocycles. The summed E-state index contributed by atoms with van der Waals surface area (Å²) in [5.74, 6) is -2.52. The van der Waals surface area contributed by atoms with E-state index in [1.807, 2.05) is 0 Å². The van der Waals surface area contributed by atoms with Crippen molar-refractivity contribution >= 4 is 11.8 Å². The lowest BCUT2D eigenvalue weighted by molar-refractivity contribution is -0.274. The van der Waals surface area contributed by atoms with Gasteiger partial charge in [0.05, 0.1) is 6.61 Å². The number of alkyl halides is 3. The minimum atomic E-state index is -4.86. The second-order valence-corrected chi connectivity index (χ2v) is 3.48. The smallest absolute Gasteiger partial charge is 0.460 e. The molecule has 4 nitrogen and oxygen atoms in total. The van der Waals surface area contributed by atoms with Gasteiger partial charge >= 0.3 is 12.3 Å². The second kappa shape index (κ2) is 6.21. The molecule has 19 heavy (non-hydrogen) atoms. The Bertz CT molecular complexity index is 468. The fourth-order valence-corrected chi connectivity index (χ4v) is 1.33. The third kappa shape index (κ3) is 4.99. The van der Waals surface area contributed by atoms with Crippen LogP contribution in [-0.2, 0) is 20.7 Å². The molecule has 104 valence electrons. The highest BCUT2D eigenvalue weighted by Crippen LogP contribution is 2.26. The summed E-state index contributed by atoms with van der Waals surface area (Å²) in [6, 6.07) is 5.12. The number of ether oxygens (including phenoxy) is 2. The highest BCUT2D eigenvalue weighted by Gasteiger charge is 2.32. The van der Waals surface area contributed by atoms with E-state index in [0.29, 0.717) is 0 Å². The van der Waals surface area contributed by atoms with Crippen LogP contribution < -0.4 is 4.74 Å². The fourth-order valence-electron chi connectivity index (χ4n) is 1.33. The van der Waals surface area contributed by atoms with Crippen molar-refractivity contribution in [3.63, 3.8) is 0 Å². The van der Waals surface area contributed by atoms with Gasteiger partial charge in [-0.15, -0.1) is 13.2 Å². The van der Waals surface area contributed by atoms with Crippen molar-refractivity contribution < 1.29 is 32.2 Å². The van der Waals surface area contributed by atoms with Gasteiger partial charge in [-0.2, -0.15) is 0 Å². The average molecular weight is 276 g/mol. The normalized spacial score (nSPS) is 10.9. The number of rotatable bonds is 5. The number of hydrogen-bond acceptors (Lipinski definition) is 4. The Kier molecular flexibility index (Phi) is 4.91. The van der Waals surface area contributed by atoms with Crippen molar-refractivity contribution in [2.75, 3.05) is 6.61 Å². The molecule has 0 saturated heterocycles. The maximum atomic E-state index is 12.1. The molecule has 1 rings (SSSR count). The fraction of sp³-hybridized carbons (Fsp3) is 0.333. The summed E-state index contributed by atoms with van der Waals surface area (Å²) in [5, 5.41) is 0. The number of carbonyl (C=O) groups excluding carboxylic acids is 2. The number of halogens is 3. The molecule has 0 fully saturated rings. The van der Waals surface area contributed by atoms with Crippen molar-refractivity contribution in [3.8, 4) is 5.75 Å². The van der Waals surface area contributed by atoms with Gasteiger partial charge in [0.1, 0.15) is 5.75 Å². The molecule has 0 aliphatic rings. The summed E-state index contributed by atoms with van der Waals surface area (Å²) in [6.45, 7) is 1.54. The van der Waals surface area contributed by atoms with Gasteiger partial charge in [-0.05, 0) is 13.0 Å². The minimum Gasteiger partial charge on any atom is -0.460 e. The summed E-state index contributed by atoms with van der Waals surface area (Å²) >= 11 is 0. The van der Waals surface area contributed by atoms with Crippen molar-refractivity contribution in [1.82, 2.24) is 0 Å². The average Bonchev–Trinajstić information content (AvgIpc) is 2.30. The maximum absolute atomic E-state index is 12.1. The first-order chi connectivity index (χ1) is 8.83.